The van der Waals surface area contributed by atoms with Gasteiger partial charge in [-0.25, -0.2) is 14.2 Å². The molecule has 0 spiro atoms. The van der Waals surface area contributed by atoms with Gasteiger partial charge in [0, 0.05) is 31.4 Å². The molecule has 1 saturated carbocycles. The first-order chi connectivity index (χ1) is 11.9. The van der Waals surface area contributed by atoms with E-state index < -0.39 is 34.0 Å². The van der Waals surface area contributed by atoms with Gasteiger partial charge >= 0.3 is 5.97 Å². The second-order valence-electron chi connectivity index (χ2n) is 6.57. The predicted octanol–water partition coefficient (Wildman–Crippen LogP) is 1.25. The average Bonchev–Trinajstić information content (AvgIpc) is 3.31. The van der Waals surface area contributed by atoms with Crippen LogP contribution in [-0.2, 0) is 0 Å². The number of carboxylic acids is 1. The molecule has 1 aliphatic carbocycles. The van der Waals surface area contributed by atoms with Gasteiger partial charge in [-0.05, 0) is 19.3 Å². The van der Waals surface area contributed by atoms with Crippen molar-refractivity contribution in [2.75, 3.05) is 18.0 Å². The zero-order chi connectivity index (χ0) is 17.9. The molecule has 7 nitrogen and oxygen atoms in total. The molecule has 1 atom stereocenters. The molecule has 3 N–H and O–H groups in total. The van der Waals surface area contributed by atoms with E-state index in [1.54, 1.807) is 4.90 Å². The van der Waals surface area contributed by atoms with E-state index in [1.807, 2.05) is 0 Å². The molecule has 0 radical (unpaired) electrons. The van der Waals surface area contributed by atoms with Gasteiger partial charge < -0.3 is 20.3 Å². The van der Waals surface area contributed by atoms with E-state index >= 15 is 0 Å². The predicted molar refractivity (Wildman–Crippen MR) is 86.0 cm³/mol. The minimum atomic E-state index is -1.48. The number of hydrogen-bond acceptors (Lipinski definition) is 5. The lowest BCUT2D eigenvalue weighted by molar-refractivity contribution is 0.0695. The van der Waals surface area contributed by atoms with Gasteiger partial charge in [-0.3, -0.25) is 4.79 Å². The molecule has 2 aromatic heterocycles. The normalized spacial score (nSPS) is 20.4. The van der Waals surface area contributed by atoms with Crippen LogP contribution in [0.5, 0.6) is 0 Å². The number of rotatable bonds is 3. The van der Waals surface area contributed by atoms with Gasteiger partial charge in [0.2, 0.25) is 11.2 Å². The van der Waals surface area contributed by atoms with Crippen LogP contribution in [0.3, 0.4) is 0 Å². The number of aromatic carboxylic acids is 1. The number of nitrogens with zero attached hydrogens (tertiary/aromatic N) is 3. The van der Waals surface area contributed by atoms with E-state index in [9.17, 15) is 23.5 Å². The number of hydrogen-bond donors (Lipinski definition) is 2. The van der Waals surface area contributed by atoms with Gasteiger partial charge in [0.15, 0.2) is 11.6 Å². The van der Waals surface area contributed by atoms with Crippen LogP contribution in [0.15, 0.2) is 11.0 Å². The van der Waals surface area contributed by atoms with Crippen molar-refractivity contribution in [3.8, 4) is 0 Å². The number of pyridine rings is 2. The summed E-state index contributed by atoms with van der Waals surface area (Å²) >= 11 is 0. The molecule has 1 aliphatic heterocycles. The molecular formula is C16H16F2N4O3. The van der Waals surface area contributed by atoms with Gasteiger partial charge in [0.1, 0.15) is 16.6 Å². The number of nitrogens with two attached hydrogens (primary N) is 1. The fraction of sp³-hybridized carbons (Fsp3) is 0.438. The van der Waals surface area contributed by atoms with Crippen molar-refractivity contribution < 1.29 is 18.7 Å². The molecule has 4 rings (SSSR count). The van der Waals surface area contributed by atoms with Crippen molar-refractivity contribution in [3.63, 3.8) is 0 Å². The molecule has 2 fully saturated rings. The highest BCUT2D eigenvalue weighted by molar-refractivity contribution is 5.92. The monoisotopic (exact) mass is 350 g/mol. The van der Waals surface area contributed by atoms with Crippen molar-refractivity contribution in [2.45, 2.75) is 31.3 Å². The fourth-order valence-electron chi connectivity index (χ4n) is 3.27. The van der Waals surface area contributed by atoms with E-state index in [1.165, 1.54) is 10.8 Å². The smallest absolute Gasteiger partial charge is 0.341 e. The van der Waals surface area contributed by atoms with Crippen LogP contribution in [0.4, 0.5) is 14.6 Å². The van der Waals surface area contributed by atoms with E-state index in [-0.39, 0.29) is 23.5 Å². The van der Waals surface area contributed by atoms with E-state index in [4.69, 9.17) is 5.73 Å². The van der Waals surface area contributed by atoms with Gasteiger partial charge in [-0.2, -0.15) is 4.39 Å². The topological polar surface area (TPSA) is 101 Å². The summed E-state index contributed by atoms with van der Waals surface area (Å²) in [6.45, 7) is 0.784. The van der Waals surface area contributed by atoms with Crippen LogP contribution < -0.4 is 16.1 Å². The third-order valence-electron chi connectivity index (χ3n) is 4.72. The summed E-state index contributed by atoms with van der Waals surface area (Å²) in [5.74, 6) is -4.27. The van der Waals surface area contributed by atoms with Crippen LogP contribution in [-0.4, -0.2) is 39.8 Å². The summed E-state index contributed by atoms with van der Waals surface area (Å²) in [6.07, 6.45) is 3.34. The summed E-state index contributed by atoms with van der Waals surface area (Å²) in [4.78, 5) is 29.4. The fourth-order valence-corrected chi connectivity index (χ4v) is 3.27. The molecule has 1 saturated heterocycles. The lowest BCUT2D eigenvalue weighted by atomic mass is 10.1. The van der Waals surface area contributed by atoms with Crippen LogP contribution in [0.2, 0.25) is 0 Å². The maximum absolute atomic E-state index is 14.7. The molecule has 0 bridgehead atoms. The lowest BCUT2D eigenvalue weighted by Crippen LogP contribution is -2.29. The van der Waals surface area contributed by atoms with Gasteiger partial charge in [0.25, 0.3) is 0 Å². The second-order valence-corrected chi connectivity index (χ2v) is 6.57. The highest BCUT2D eigenvalue weighted by Gasteiger charge is 2.32. The van der Waals surface area contributed by atoms with Gasteiger partial charge in [-0.1, -0.05) is 0 Å². The second kappa shape index (κ2) is 5.48. The first-order valence-corrected chi connectivity index (χ1v) is 8.06. The molecule has 2 aliphatic rings. The SMILES string of the molecule is NC1CCN(c2nc3c(c(F)c2F)c(=O)c(C(=O)O)cn3C2CC2)C1. The van der Waals surface area contributed by atoms with Crippen LogP contribution in [0.1, 0.15) is 35.7 Å². The summed E-state index contributed by atoms with van der Waals surface area (Å²) in [6, 6.07) is -0.216. The zero-order valence-electron chi connectivity index (χ0n) is 13.2. The lowest BCUT2D eigenvalue weighted by Gasteiger charge is -2.20. The number of anilines is 1. The number of aromatic nitrogens is 2. The Balaban J connectivity index is 2.02. The Morgan fingerprint density at radius 1 is 1.28 bits per heavy atom. The Morgan fingerprint density at radius 3 is 2.56 bits per heavy atom. The molecule has 0 amide bonds. The van der Waals surface area contributed by atoms with Gasteiger partial charge in [0.05, 0.1) is 0 Å². The van der Waals surface area contributed by atoms with Crippen molar-refractivity contribution in [1.29, 1.82) is 0 Å². The highest BCUT2D eigenvalue weighted by atomic mass is 19.2. The summed E-state index contributed by atoms with van der Waals surface area (Å²) in [5.41, 5.74) is 4.15. The molecule has 0 aromatic carbocycles. The quantitative estimate of drug-likeness (QED) is 0.864. The Morgan fingerprint density at radius 2 is 2.00 bits per heavy atom. The third kappa shape index (κ3) is 2.46. The Bertz CT molecular complexity index is 955. The maximum Gasteiger partial charge on any atom is 0.341 e. The van der Waals surface area contributed by atoms with Crippen molar-refractivity contribution in [1.82, 2.24) is 9.55 Å². The van der Waals surface area contributed by atoms with E-state index in [0.717, 1.165) is 12.8 Å². The highest BCUT2D eigenvalue weighted by Crippen LogP contribution is 2.38. The molecule has 1 unspecified atom stereocenters. The largest absolute Gasteiger partial charge is 0.477 e. The molecule has 132 valence electrons. The molecule has 3 heterocycles. The summed E-state index contributed by atoms with van der Waals surface area (Å²) < 4.78 is 30.7. The first-order valence-electron chi connectivity index (χ1n) is 8.06. The van der Waals surface area contributed by atoms with Gasteiger partial charge in [-0.15, -0.1) is 0 Å². The average molecular weight is 350 g/mol. The standard InChI is InChI=1S/C16H16F2N4O3/c17-11-10-13(23)9(16(24)25)6-22(8-1-2-8)14(10)20-15(12(11)18)21-4-3-7(19)5-21/h6-8H,1-5,19H2,(H,24,25). The Hall–Kier alpha value is -2.55. The first kappa shape index (κ1) is 15.9. The van der Waals surface area contributed by atoms with Crippen LogP contribution in [0, 0.1) is 11.6 Å². The zero-order valence-corrected chi connectivity index (χ0v) is 13.2. The Kier molecular flexibility index (Phi) is 3.50. The number of carboxylic acid groups (broad SMARTS) is 1. The molecule has 9 heteroatoms. The van der Waals surface area contributed by atoms with Crippen LogP contribution >= 0.6 is 0 Å². The van der Waals surface area contributed by atoms with E-state index in [0.29, 0.717) is 19.5 Å². The minimum absolute atomic E-state index is 0.0214. The van der Waals surface area contributed by atoms with Crippen molar-refractivity contribution in [2.24, 2.45) is 5.73 Å². The minimum Gasteiger partial charge on any atom is -0.477 e. The molecule has 25 heavy (non-hydrogen) atoms. The van der Waals surface area contributed by atoms with E-state index in [2.05, 4.69) is 4.98 Å². The number of halogens is 2. The third-order valence-corrected chi connectivity index (χ3v) is 4.72. The van der Waals surface area contributed by atoms with Crippen LogP contribution in [0.25, 0.3) is 11.0 Å². The van der Waals surface area contributed by atoms with Crippen molar-refractivity contribution >= 4 is 22.8 Å². The van der Waals surface area contributed by atoms with Crippen molar-refractivity contribution in [3.05, 3.63) is 33.6 Å². The summed E-state index contributed by atoms with van der Waals surface area (Å²) in [7, 11) is 0. The molecule has 2 aromatic rings. The number of fused-ring (bicyclic) bond motifs is 1. The molecular weight excluding hydrogens is 334 g/mol. The summed E-state index contributed by atoms with van der Waals surface area (Å²) in [5, 5.41) is 8.58. The Labute approximate surface area is 140 Å². The maximum atomic E-state index is 14.7. The number of carbonyl (C=O) groups is 1.